The Bertz CT molecular complexity index is 890. The summed E-state index contributed by atoms with van der Waals surface area (Å²) in [6.07, 6.45) is 1.70. The number of hydrogen-bond donors (Lipinski definition) is 1. The largest absolute Gasteiger partial charge is 0.346 e. The van der Waals surface area contributed by atoms with E-state index < -0.39 is 0 Å². The van der Waals surface area contributed by atoms with Gasteiger partial charge in [0.15, 0.2) is 0 Å². The highest BCUT2D eigenvalue weighted by molar-refractivity contribution is 5.97. The predicted molar refractivity (Wildman–Crippen MR) is 101 cm³/mol. The van der Waals surface area contributed by atoms with Crippen molar-refractivity contribution in [1.29, 1.82) is 0 Å². The number of nitrogens with zero attached hydrogens (tertiary/aromatic N) is 2. The van der Waals surface area contributed by atoms with Crippen LogP contribution < -0.4 is 5.32 Å². The van der Waals surface area contributed by atoms with Crippen LogP contribution in [0.3, 0.4) is 0 Å². The summed E-state index contributed by atoms with van der Waals surface area (Å²) in [6, 6.07) is 15.4. The second-order valence-electron chi connectivity index (χ2n) is 6.13. The summed E-state index contributed by atoms with van der Waals surface area (Å²) in [5, 5.41) is 3.04. The van der Waals surface area contributed by atoms with E-state index in [1.54, 1.807) is 0 Å². The van der Waals surface area contributed by atoms with Gasteiger partial charge in [0.1, 0.15) is 0 Å². The van der Waals surface area contributed by atoms with Crippen LogP contribution in [0.4, 0.5) is 0 Å². The number of hydrogen-bond acceptors (Lipinski definition) is 3. The van der Waals surface area contributed by atoms with Gasteiger partial charge >= 0.3 is 0 Å². The highest BCUT2D eigenvalue weighted by Crippen LogP contribution is 2.18. The predicted octanol–water partition coefficient (Wildman–Crippen LogP) is 4.25. The van der Waals surface area contributed by atoms with E-state index in [1.807, 2.05) is 55.5 Å². The Labute approximate surface area is 148 Å². The molecule has 128 valence electrons. The lowest BCUT2D eigenvalue weighted by atomic mass is 10.1. The van der Waals surface area contributed by atoms with Gasteiger partial charge in [-0.15, -0.1) is 0 Å². The molecule has 0 unspecified atom stereocenters. The van der Waals surface area contributed by atoms with Crippen molar-refractivity contribution in [3.05, 3.63) is 71.0 Å². The van der Waals surface area contributed by atoms with Gasteiger partial charge in [-0.3, -0.25) is 4.79 Å². The lowest BCUT2D eigenvalue weighted by Crippen LogP contribution is -2.26. The van der Waals surface area contributed by atoms with Gasteiger partial charge in [0.05, 0.1) is 28.5 Å². The van der Waals surface area contributed by atoms with E-state index >= 15 is 0 Å². The number of nitrogens with one attached hydrogen (secondary N) is 1. The molecule has 1 heterocycles. The smallest absolute Gasteiger partial charge is 0.251 e. The molecule has 0 aliphatic rings. The summed E-state index contributed by atoms with van der Waals surface area (Å²) in [7, 11) is 0. The van der Waals surface area contributed by atoms with Crippen LogP contribution in [-0.4, -0.2) is 15.9 Å². The van der Waals surface area contributed by atoms with Gasteiger partial charge in [-0.05, 0) is 43.5 Å². The van der Waals surface area contributed by atoms with Crippen LogP contribution in [0.25, 0.3) is 11.0 Å². The Morgan fingerprint density at radius 2 is 1.60 bits per heavy atom. The molecule has 3 rings (SSSR count). The second-order valence-corrected chi connectivity index (χ2v) is 6.13. The molecule has 2 aromatic carbocycles. The van der Waals surface area contributed by atoms with E-state index in [4.69, 9.17) is 4.98 Å². The molecule has 1 amide bonds. The van der Waals surface area contributed by atoms with E-state index in [0.717, 1.165) is 40.8 Å². The average molecular weight is 333 g/mol. The van der Waals surface area contributed by atoms with Crippen molar-refractivity contribution in [2.75, 3.05) is 0 Å². The summed E-state index contributed by atoms with van der Waals surface area (Å²) in [5.74, 6) is -0.0994. The van der Waals surface area contributed by atoms with Crippen molar-refractivity contribution in [2.45, 2.75) is 39.7 Å². The highest BCUT2D eigenvalue weighted by Gasteiger charge is 2.13. The first-order chi connectivity index (χ1) is 12.1. The maximum absolute atomic E-state index is 12.6. The maximum atomic E-state index is 12.6. The Hall–Kier alpha value is -2.75. The molecule has 3 aromatic rings. The standard InChI is InChI=1S/C21H23N3O/c1-4-17-18(5-2)24-20-13-16(11-12-19(20)23-17)21(25)22-14(3)15-9-7-6-8-10-15/h6-14H,4-5H2,1-3H3,(H,22,25)/t14-/m0/s1. The van der Waals surface area contributed by atoms with Crippen molar-refractivity contribution in [3.63, 3.8) is 0 Å². The molecule has 0 spiro atoms. The van der Waals surface area contributed by atoms with Gasteiger partial charge in [0.2, 0.25) is 0 Å². The van der Waals surface area contributed by atoms with Crippen LogP contribution in [0, 0.1) is 0 Å². The minimum atomic E-state index is -0.0994. The van der Waals surface area contributed by atoms with Crippen LogP contribution in [0.15, 0.2) is 48.5 Å². The van der Waals surface area contributed by atoms with E-state index in [2.05, 4.69) is 24.1 Å². The molecule has 0 radical (unpaired) electrons. The van der Waals surface area contributed by atoms with E-state index in [1.165, 1.54) is 0 Å². The van der Waals surface area contributed by atoms with Crippen LogP contribution >= 0.6 is 0 Å². The molecule has 1 N–H and O–H groups in total. The van der Waals surface area contributed by atoms with Gasteiger partial charge in [0.25, 0.3) is 5.91 Å². The van der Waals surface area contributed by atoms with Crippen molar-refractivity contribution >= 4 is 16.9 Å². The van der Waals surface area contributed by atoms with Crippen LogP contribution in [-0.2, 0) is 12.8 Å². The molecule has 4 heteroatoms. The fourth-order valence-electron chi connectivity index (χ4n) is 2.94. The zero-order chi connectivity index (χ0) is 17.8. The van der Waals surface area contributed by atoms with Gasteiger partial charge in [-0.2, -0.15) is 0 Å². The first kappa shape index (κ1) is 17.1. The Morgan fingerprint density at radius 3 is 2.24 bits per heavy atom. The van der Waals surface area contributed by atoms with Gasteiger partial charge in [0, 0.05) is 5.56 Å². The van der Waals surface area contributed by atoms with Crippen molar-refractivity contribution < 1.29 is 4.79 Å². The van der Waals surface area contributed by atoms with E-state index in [-0.39, 0.29) is 11.9 Å². The summed E-state index contributed by atoms with van der Waals surface area (Å²) in [5.41, 5.74) is 5.33. The zero-order valence-corrected chi connectivity index (χ0v) is 14.9. The van der Waals surface area contributed by atoms with Crippen molar-refractivity contribution in [2.24, 2.45) is 0 Å². The number of aryl methyl sites for hydroxylation is 2. The Balaban J connectivity index is 1.86. The molecule has 0 aliphatic carbocycles. The first-order valence-corrected chi connectivity index (χ1v) is 8.77. The molecule has 0 bridgehead atoms. The molecule has 4 nitrogen and oxygen atoms in total. The monoisotopic (exact) mass is 333 g/mol. The molecule has 0 saturated carbocycles. The lowest BCUT2D eigenvalue weighted by molar-refractivity contribution is 0.0940. The van der Waals surface area contributed by atoms with Gasteiger partial charge in [-0.25, -0.2) is 9.97 Å². The Kier molecular flexibility index (Phi) is 5.08. The normalized spacial score (nSPS) is 12.1. The van der Waals surface area contributed by atoms with Crippen LogP contribution in [0.2, 0.25) is 0 Å². The van der Waals surface area contributed by atoms with Gasteiger partial charge < -0.3 is 5.32 Å². The summed E-state index contributed by atoms with van der Waals surface area (Å²) in [6.45, 7) is 6.14. The first-order valence-electron chi connectivity index (χ1n) is 8.77. The molecule has 0 aliphatic heterocycles. The summed E-state index contributed by atoms with van der Waals surface area (Å²) < 4.78 is 0. The molecular formula is C21H23N3O. The SMILES string of the molecule is CCc1nc2ccc(C(=O)N[C@@H](C)c3ccccc3)cc2nc1CC. The molecule has 0 fully saturated rings. The van der Waals surface area contributed by atoms with Crippen LogP contribution in [0.1, 0.15) is 54.1 Å². The average Bonchev–Trinajstić information content (AvgIpc) is 2.66. The van der Waals surface area contributed by atoms with Crippen molar-refractivity contribution in [1.82, 2.24) is 15.3 Å². The topological polar surface area (TPSA) is 54.9 Å². The fraction of sp³-hybridized carbons (Fsp3) is 0.286. The molecular weight excluding hydrogens is 310 g/mol. The van der Waals surface area contributed by atoms with Gasteiger partial charge in [-0.1, -0.05) is 44.2 Å². The zero-order valence-electron chi connectivity index (χ0n) is 14.9. The Morgan fingerprint density at radius 1 is 0.960 bits per heavy atom. The third kappa shape index (κ3) is 3.68. The number of aromatic nitrogens is 2. The van der Waals surface area contributed by atoms with E-state index in [0.29, 0.717) is 5.56 Å². The third-order valence-electron chi connectivity index (χ3n) is 4.40. The number of amides is 1. The molecule has 1 aromatic heterocycles. The maximum Gasteiger partial charge on any atom is 0.251 e. The minimum absolute atomic E-state index is 0.0517. The number of carbonyl (C=O) groups excluding carboxylic acids is 1. The highest BCUT2D eigenvalue weighted by atomic mass is 16.1. The second kappa shape index (κ2) is 7.43. The third-order valence-corrected chi connectivity index (χ3v) is 4.40. The number of carbonyl (C=O) groups is 1. The number of benzene rings is 2. The van der Waals surface area contributed by atoms with E-state index in [9.17, 15) is 4.79 Å². The number of fused-ring (bicyclic) bond motifs is 1. The number of rotatable bonds is 5. The lowest BCUT2D eigenvalue weighted by Gasteiger charge is -2.14. The van der Waals surface area contributed by atoms with Crippen molar-refractivity contribution in [3.8, 4) is 0 Å². The minimum Gasteiger partial charge on any atom is -0.346 e. The summed E-state index contributed by atoms with van der Waals surface area (Å²) in [4.78, 5) is 22.0. The fourth-order valence-corrected chi connectivity index (χ4v) is 2.94. The molecule has 25 heavy (non-hydrogen) atoms. The molecule has 0 saturated heterocycles. The van der Waals surface area contributed by atoms with Crippen LogP contribution in [0.5, 0.6) is 0 Å². The quantitative estimate of drug-likeness (QED) is 0.759. The molecule has 1 atom stereocenters. The summed E-state index contributed by atoms with van der Waals surface area (Å²) >= 11 is 0.